The second-order valence-corrected chi connectivity index (χ2v) is 5.07. The van der Waals surface area contributed by atoms with Crippen molar-refractivity contribution in [3.05, 3.63) is 42.1 Å². The van der Waals surface area contributed by atoms with Crippen LogP contribution in [0.2, 0.25) is 0 Å². The molecule has 1 aromatic carbocycles. The summed E-state index contributed by atoms with van der Waals surface area (Å²) < 4.78 is 7.15. The van der Waals surface area contributed by atoms with E-state index in [2.05, 4.69) is 20.3 Å². The Morgan fingerprint density at radius 1 is 1.17 bits per heavy atom. The van der Waals surface area contributed by atoms with Crippen molar-refractivity contribution in [1.82, 2.24) is 25.0 Å². The third kappa shape index (κ3) is 3.19. The first kappa shape index (κ1) is 15.1. The molecule has 0 unspecified atom stereocenters. The third-order valence-corrected chi connectivity index (χ3v) is 3.39. The number of benzene rings is 1. The van der Waals surface area contributed by atoms with Gasteiger partial charge in [-0.15, -0.1) is 5.10 Å². The van der Waals surface area contributed by atoms with E-state index in [9.17, 15) is 0 Å². The number of hydrogen-bond donors (Lipinski definition) is 1. The van der Waals surface area contributed by atoms with Gasteiger partial charge in [-0.2, -0.15) is 0 Å². The smallest absolute Gasteiger partial charge is 0.220 e. The zero-order chi connectivity index (χ0) is 16.2. The molecule has 0 fully saturated rings. The molecule has 0 aliphatic rings. The van der Waals surface area contributed by atoms with Crippen molar-refractivity contribution in [2.24, 2.45) is 0 Å². The quantitative estimate of drug-likeness (QED) is 0.777. The lowest BCUT2D eigenvalue weighted by molar-refractivity contribution is 0.0790. The van der Waals surface area contributed by atoms with Gasteiger partial charge in [-0.3, -0.25) is 0 Å². The number of ether oxygens (including phenoxy) is 1. The van der Waals surface area contributed by atoms with Crippen LogP contribution >= 0.6 is 0 Å². The number of anilines is 1. The largest absolute Gasteiger partial charge is 0.368 e. The molecule has 0 radical (unpaired) electrons. The van der Waals surface area contributed by atoms with Crippen molar-refractivity contribution >= 4 is 5.95 Å². The van der Waals surface area contributed by atoms with Gasteiger partial charge in [0.25, 0.3) is 0 Å². The van der Waals surface area contributed by atoms with Crippen molar-refractivity contribution in [3.63, 3.8) is 0 Å². The maximum Gasteiger partial charge on any atom is 0.220 e. The van der Waals surface area contributed by atoms with Crippen LogP contribution < -0.4 is 5.73 Å². The van der Waals surface area contributed by atoms with E-state index in [1.807, 2.05) is 38.1 Å². The summed E-state index contributed by atoms with van der Waals surface area (Å²) in [6.07, 6.45) is 1.62. The number of aromatic nitrogens is 5. The summed E-state index contributed by atoms with van der Waals surface area (Å²) in [6, 6.07) is 9.88. The van der Waals surface area contributed by atoms with E-state index in [1.165, 1.54) is 5.56 Å². The zero-order valence-electron chi connectivity index (χ0n) is 13.1. The van der Waals surface area contributed by atoms with Crippen molar-refractivity contribution in [2.75, 3.05) is 12.3 Å². The Bertz CT molecular complexity index is 797. The fourth-order valence-electron chi connectivity index (χ4n) is 2.25. The van der Waals surface area contributed by atoms with Crippen molar-refractivity contribution in [3.8, 4) is 22.6 Å². The average molecular weight is 310 g/mol. The second kappa shape index (κ2) is 6.53. The van der Waals surface area contributed by atoms with E-state index < -0.39 is 0 Å². The number of aryl methyl sites for hydroxylation is 1. The van der Waals surface area contributed by atoms with Gasteiger partial charge in [0.2, 0.25) is 5.95 Å². The molecule has 7 nitrogen and oxygen atoms in total. The maximum atomic E-state index is 5.72. The number of nitrogen functional groups attached to an aromatic ring is 1. The van der Waals surface area contributed by atoms with Crippen LogP contribution in [0.3, 0.4) is 0 Å². The first-order valence-corrected chi connectivity index (χ1v) is 7.36. The minimum atomic E-state index is 0.210. The minimum Gasteiger partial charge on any atom is -0.368 e. The van der Waals surface area contributed by atoms with Crippen LogP contribution in [0, 0.1) is 6.92 Å². The van der Waals surface area contributed by atoms with Gasteiger partial charge in [0.15, 0.2) is 0 Å². The van der Waals surface area contributed by atoms with Gasteiger partial charge in [0.1, 0.15) is 18.1 Å². The highest BCUT2D eigenvalue weighted by atomic mass is 16.5. The normalized spacial score (nSPS) is 10.9. The second-order valence-electron chi connectivity index (χ2n) is 5.07. The molecular weight excluding hydrogens is 292 g/mol. The first-order chi connectivity index (χ1) is 11.2. The summed E-state index contributed by atoms with van der Waals surface area (Å²) in [6.45, 7) is 4.86. The van der Waals surface area contributed by atoms with Crippen molar-refractivity contribution < 1.29 is 4.74 Å². The highest BCUT2D eigenvalue weighted by molar-refractivity contribution is 5.76. The third-order valence-electron chi connectivity index (χ3n) is 3.39. The Balaban J connectivity index is 2.12. The van der Waals surface area contributed by atoms with Crippen LogP contribution in [-0.4, -0.2) is 31.6 Å². The topological polar surface area (TPSA) is 91.7 Å². The van der Waals surface area contributed by atoms with E-state index in [-0.39, 0.29) is 5.95 Å². The molecule has 3 aromatic rings. The van der Waals surface area contributed by atoms with Gasteiger partial charge >= 0.3 is 0 Å². The summed E-state index contributed by atoms with van der Waals surface area (Å²) >= 11 is 0. The maximum absolute atomic E-state index is 5.72. The molecule has 2 aromatic heterocycles. The lowest BCUT2D eigenvalue weighted by Crippen LogP contribution is -2.07. The molecule has 2 N–H and O–H groups in total. The van der Waals surface area contributed by atoms with Crippen LogP contribution in [0.15, 0.2) is 36.5 Å². The van der Waals surface area contributed by atoms with Crippen molar-refractivity contribution in [2.45, 2.75) is 20.6 Å². The molecule has 7 heteroatoms. The predicted molar refractivity (Wildman–Crippen MR) is 87.3 cm³/mol. The minimum absolute atomic E-state index is 0.210. The summed E-state index contributed by atoms with van der Waals surface area (Å²) in [5.74, 6) is 0.210. The molecule has 0 aliphatic heterocycles. The van der Waals surface area contributed by atoms with Crippen LogP contribution in [0.4, 0.5) is 5.95 Å². The lowest BCUT2D eigenvalue weighted by Gasteiger charge is -2.08. The van der Waals surface area contributed by atoms with Crippen LogP contribution in [0.1, 0.15) is 12.5 Å². The fraction of sp³-hybridized carbons (Fsp3) is 0.250. The number of nitrogens with zero attached hydrogens (tertiary/aromatic N) is 5. The van der Waals surface area contributed by atoms with E-state index in [0.717, 1.165) is 17.0 Å². The van der Waals surface area contributed by atoms with E-state index in [4.69, 9.17) is 10.5 Å². The monoisotopic (exact) mass is 310 g/mol. The predicted octanol–water partition coefficient (Wildman–Crippen LogP) is 2.29. The van der Waals surface area contributed by atoms with E-state index in [1.54, 1.807) is 16.9 Å². The fourth-order valence-corrected chi connectivity index (χ4v) is 2.25. The van der Waals surface area contributed by atoms with Gasteiger partial charge in [-0.1, -0.05) is 35.0 Å². The summed E-state index contributed by atoms with van der Waals surface area (Å²) in [4.78, 5) is 8.24. The molecule has 118 valence electrons. The number of hydrogen-bond acceptors (Lipinski definition) is 6. The summed E-state index contributed by atoms with van der Waals surface area (Å²) in [7, 11) is 0. The summed E-state index contributed by atoms with van der Waals surface area (Å²) in [5.41, 5.74) is 10.0. The standard InChI is InChI=1S/C16H18N6O/c1-3-23-10-22-15(13-8-9-18-16(17)19-13)14(20-21-22)12-6-4-11(2)5-7-12/h4-9H,3,10H2,1-2H3,(H2,17,18,19). The number of nitrogens with two attached hydrogens (primary N) is 1. The van der Waals surface area contributed by atoms with E-state index in [0.29, 0.717) is 19.0 Å². The molecule has 0 saturated heterocycles. The highest BCUT2D eigenvalue weighted by Gasteiger charge is 2.18. The zero-order valence-corrected chi connectivity index (χ0v) is 13.1. The lowest BCUT2D eigenvalue weighted by atomic mass is 10.1. The van der Waals surface area contributed by atoms with Crippen LogP contribution in [-0.2, 0) is 11.5 Å². The first-order valence-electron chi connectivity index (χ1n) is 7.36. The SMILES string of the molecule is CCOCn1nnc(-c2ccc(C)cc2)c1-c1ccnc(N)n1. The summed E-state index contributed by atoms with van der Waals surface area (Å²) in [5, 5.41) is 8.51. The molecular formula is C16H18N6O. The Kier molecular flexibility index (Phi) is 4.29. The highest BCUT2D eigenvalue weighted by Crippen LogP contribution is 2.29. The van der Waals surface area contributed by atoms with Gasteiger partial charge in [0.05, 0.1) is 5.69 Å². The molecule has 3 rings (SSSR count). The average Bonchev–Trinajstić information content (AvgIpc) is 2.97. The molecule has 2 heterocycles. The van der Waals surface area contributed by atoms with E-state index >= 15 is 0 Å². The molecule has 0 spiro atoms. The van der Waals surface area contributed by atoms with Gasteiger partial charge in [-0.05, 0) is 19.9 Å². The Labute approximate surface area is 134 Å². The Morgan fingerprint density at radius 2 is 1.96 bits per heavy atom. The Hall–Kier alpha value is -2.80. The van der Waals surface area contributed by atoms with Crippen molar-refractivity contribution in [1.29, 1.82) is 0 Å². The van der Waals surface area contributed by atoms with Gasteiger partial charge < -0.3 is 10.5 Å². The molecule has 0 saturated carbocycles. The van der Waals surface area contributed by atoms with Crippen LogP contribution in [0.5, 0.6) is 0 Å². The molecule has 0 atom stereocenters. The molecule has 0 aliphatic carbocycles. The number of rotatable bonds is 5. The molecule has 23 heavy (non-hydrogen) atoms. The van der Waals surface area contributed by atoms with Crippen LogP contribution in [0.25, 0.3) is 22.6 Å². The van der Waals surface area contributed by atoms with Gasteiger partial charge in [-0.25, -0.2) is 14.6 Å². The molecule has 0 bridgehead atoms. The molecule has 0 amide bonds. The van der Waals surface area contributed by atoms with Gasteiger partial charge in [0, 0.05) is 18.4 Å². The Morgan fingerprint density at radius 3 is 2.65 bits per heavy atom.